The number of hydrogen-bond donors (Lipinski definition) is 0. The fourth-order valence-corrected chi connectivity index (χ4v) is 5.55. The molecule has 0 heterocycles. The van der Waals surface area contributed by atoms with Gasteiger partial charge in [-0.2, -0.15) is 0 Å². The SMILES string of the molecule is CC(C)(C)c1ccc(C(C)(C)C)c(CCCc2c(C(C)(C)C)ccc(C(C)(C)C)c2C(C)(C)C)c1. The van der Waals surface area contributed by atoms with Gasteiger partial charge in [-0.15, -0.1) is 0 Å². The lowest BCUT2D eigenvalue weighted by atomic mass is 9.68. The lowest BCUT2D eigenvalue weighted by molar-refractivity contribution is 0.512. The first-order valence-electron chi connectivity index (χ1n) is 13.9. The van der Waals surface area contributed by atoms with E-state index >= 15 is 0 Å². The van der Waals surface area contributed by atoms with Crippen molar-refractivity contribution in [1.29, 1.82) is 0 Å². The van der Waals surface area contributed by atoms with Gasteiger partial charge in [0.2, 0.25) is 0 Å². The highest BCUT2D eigenvalue weighted by molar-refractivity contribution is 5.50. The molecule has 0 saturated carbocycles. The Morgan fingerprint density at radius 2 is 0.914 bits per heavy atom. The standard InChI is InChI=1S/C35H56/c1-31(2,3)25-19-20-27(32(4,5)6)24(23-25)17-16-18-26-28(33(7,8)9)21-22-29(34(10,11)12)30(26)35(13,14)15/h19-23H,16-18H2,1-15H3. The van der Waals surface area contributed by atoms with Crippen molar-refractivity contribution < 1.29 is 0 Å². The molecule has 0 fully saturated rings. The number of benzene rings is 2. The van der Waals surface area contributed by atoms with Crippen LogP contribution in [0, 0.1) is 0 Å². The molecular formula is C35H56. The molecule has 2 aromatic rings. The topological polar surface area (TPSA) is 0 Å². The van der Waals surface area contributed by atoms with Crippen molar-refractivity contribution in [1.82, 2.24) is 0 Å². The molecule has 0 aliphatic heterocycles. The van der Waals surface area contributed by atoms with E-state index < -0.39 is 0 Å². The van der Waals surface area contributed by atoms with E-state index in [-0.39, 0.29) is 27.1 Å². The fourth-order valence-electron chi connectivity index (χ4n) is 5.55. The van der Waals surface area contributed by atoms with Gasteiger partial charge in [0, 0.05) is 0 Å². The summed E-state index contributed by atoms with van der Waals surface area (Å²) in [7, 11) is 0. The van der Waals surface area contributed by atoms with Gasteiger partial charge in [0.15, 0.2) is 0 Å². The number of rotatable bonds is 4. The molecule has 196 valence electrons. The highest BCUT2D eigenvalue weighted by Gasteiger charge is 2.31. The molecule has 0 saturated heterocycles. The van der Waals surface area contributed by atoms with Crippen LogP contribution in [-0.2, 0) is 39.9 Å². The van der Waals surface area contributed by atoms with Gasteiger partial charge in [-0.3, -0.25) is 0 Å². The van der Waals surface area contributed by atoms with Gasteiger partial charge in [0.1, 0.15) is 0 Å². The maximum atomic E-state index is 2.50. The smallest absolute Gasteiger partial charge is 0.0126 e. The molecule has 0 atom stereocenters. The minimum absolute atomic E-state index is 0.113. The number of aryl methyl sites for hydroxylation is 1. The normalized spacial score (nSPS) is 13.9. The van der Waals surface area contributed by atoms with Crippen molar-refractivity contribution in [2.24, 2.45) is 0 Å². The molecule has 0 unspecified atom stereocenters. The molecular weight excluding hydrogens is 420 g/mol. The summed E-state index contributed by atoms with van der Waals surface area (Å²) in [6, 6.07) is 12.1. The second-order valence-corrected chi connectivity index (χ2v) is 16.0. The fraction of sp³-hybridized carbons (Fsp3) is 0.657. The molecule has 35 heavy (non-hydrogen) atoms. The minimum Gasteiger partial charge on any atom is -0.0582 e. The zero-order valence-corrected chi connectivity index (χ0v) is 26.0. The third-order valence-corrected chi connectivity index (χ3v) is 7.33. The van der Waals surface area contributed by atoms with Crippen molar-refractivity contribution in [3.8, 4) is 0 Å². The van der Waals surface area contributed by atoms with Crippen LogP contribution in [-0.4, -0.2) is 0 Å². The van der Waals surface area contributed by atoms with E-state index in [0.29, 0.717) is 0 Å². The molecule has 0 heteroatoms. The second kappa shape index (κ2) is 9.72. The summed E-state index contributed by atoms with van der Waals surface area (Å²) >= 11 is 0. The van der Waals surface area contributed by atoms with Crippen LogP contribution in [0.15, 0.2) is 30.3 Å². The third kappa shape index (κ3) is 7.24. The molecule has 0 aromatic heterocycles. The van der Waals surface area contributed by atoms with Gasteiger partial charge in [-0.05, 0) is 85.3 Å². The molecule has 0 aliphatic rings. The highest BCUT2D eigenvalue weighted by Crippen LogP contribution is 2.41. The Bertz CT molecular complexity index is 1010. The maximum absolute atomic E-state index is 2.50. The average Bonchev–Trinajstić information content (AvgIpc) is 2.63. The van der Waals surface area contributed by atoms with E-state index in [4.69, 9.17) is 0 Å². The molecule has 0 aliphatic carbocycles. The van der Waals surface area contributed by atoms with Gasteiger partial charge in [-0.25, -0.2) is 0 Å². The van der Waals surface area contributed by atoms with Crippen molar-refractivity contribution in [2.45, 2.75) is 150 Å². The minimum atomic E-state index is 0.113. The van der Waals surface area contributed by atoms with Crippen molar-refractivity contribution >= 4 is 0 Å². The van der Waals surface area contributed by atoms with Gasteiger partial charge >= 0.3 is 0 Å². The average molecular weight is 477 g/mol. The first-order valence-corrected chi connectivity index (χ1v) is 13.9. The van der Waals surface area contributed by atoms with Crippen molar-refractivity contribution in [3.63, 3.8) is 0 Å². The van der Waals surface area contributed by atoms with Crippen molar-refractivity contribution in [3.05, 3.63) is 69.3 Å². The van der Waals surface area contributed by atoms with Crippen LogP contribution >= 0.6 is 0 Å². The molecule has 0 radical (unpaired) electrons. The molecule has 2 rings (SSSR count). The van der Waals surface area contributed by atoms with Crippen LogP contribution < -0.4 is 0 Å². The summed E-state index contributed by atoms with van der Waals surface area (Å²) in [5.74, 6) is 0. The molecule has 0 bridgehead atoms. The summed E-state index contributed by atoms with van der Waals surface area (Å²) in [6.07, 6.45) is 3.44. The van der Waals surface area contributed by atoms with Crippen LogP contribution in [0.3, 0.4) is 0 Å². The van der Waals surface area contributed by atoms with Gasteiger partial charge in [0.05, 0.1) is 0 Å². The van der Waals surface area contributed by atoms with Gasteiger partial charge in [-0.1, -0.05) is 134 Å². The summed E-state index contributed by atoms with van der Waals surface area (Å²) < 4.78 is 0. The third-order valence-electron chi connectivity index (χ3n) is 7.33. The zero-order chi connectivity index (χ0) is 27.2. The molecule has 2 aromatic carbocycles. The first kappa shape index (κ1) is 29.7. The molecule has 0 amide bonds. The maximum Gasteiger partial charge on any atom is -0.0126 e. The molecule has 0 nitrogen and oxygen atoms in total. The van der Waals surface area contributed by atoms with E-state index in [2.05, 4.69) is 134 Å². The Hall–Kier alpha value is -1.56. The predicted octanol–water partition coefficient (Wildman–Crippen LogP) is 10.3. The zero-order valence-electron chi connectivity index (χ0n) is 26.0. The summed E-state index contributed by atoms with van der Waals surface area (Å²) in [4.78, 5) is 0. The molecule has 0 N–H and O–H groups in total. The molecule has 0 spiro atoms. The van der Waals surface area contributed by atoms with E-state index in [0.717, 1.165) is 12.8 Å². The van der Waals surface area contributed by atoms with Crippen LogP contribution in [0.2, 0.25) is 0 Å². The monoisotopic (exact) mass is 476 g/mol. The Labute approximate surface area is 219 Å². The summed E-state index contributed by atoms with van der Waals surface area (Å²) in [5.41, 5.74) is 11.4. The van der Waals surface area contributed by atoms with Gasteiger partial charge < -0.3 is 0 Å². The van der Waals surface area contributed by atoms with Crippen LogP contribution in [0.25, 0.3) is 0 Å². The van der Waals surface area contributed by atoms with Crippen LogP contribution in [0.1, 0.15) is 149 Å². The van der Waals surface area contributed by atoms with E-state index in [9.17, 15) is 0 Å². The van der Waals surface area contributed by atoms with Gasteiger partial charge in [0.25, 0.3) is 0 Å². The largest absolute Gasteiger partial charge is 0.0582 e. The Kier molecular flexibility index (Phi) is 8.24. The predicted molar refractivity (Wildman–Crippen MR) is 158 cm³/mol. The van der Waals surface area contributed by atoms with E-state index in [1.165, 1.54) is 34.2 Å². The summed E-state index contributed by atoms with van der Waals surface area (Å²) in [6.45, 7) is 35.5. The quantitative estimate of drug-likeness (QED) is 0.411. The Morgan fingerprint density at radius 3 is 1.34 bits per heavy atom. The number of hydrogen-bond acceptors (Lipinski definition) is 0. The van der Waals surface area contributed by atoms with Crippen LogP contribution in [0.4, 0.5) is 0 Å². The van der Waals surface area contributed by atoms with Crippen molar-refractivity contribution in [2.75, 3.05) is 0 Å². The Balaban J connectivity index is 2.59. The Morgan fingerprint density at radius 1 is 0.457 bits per heavy atom. The highest BCUT2D eigenvalue weighted by atomic mass is 14.4. The lowest BCUT2D eigenvalue weighted by Crippen LogP contribution is -2.27. The second-order valence-electron chi connectivity index (χ2n) is 16.0. The van der Waals surface area contributed by atoms with E-state index in [1.807, 2.05) is 0 Å². The lowest BCUT2D eigenvalue weighted by Gasteiger charge is -2.36. The first-order chi connectivity index (χ1) is 15.5. The summed E-state index contributed by atoms with van der Waals surface area (Å²) in [5, 5.41) is 0. The van der Waals surface area contributed by atoms with E-state index in [1.54, 1.807) is 11.1 Å². The van der Waals surface area contributed by atoms with Crippen LogP contribution in [0.5, 0.6) is 0 Å².